The average molecular weight is 255 g/mol. The number of rotatable bonds is 10. The predicted octanol–water partition coefficient (Wildman–Crippen LogP) is 6.55. The van der Waals surface area contributed by atoms with E-state index in [1.165, 1.54) is 38.5 Å². The van der Waals surface area contributed by atoms with E-state index in [-0.39, 0.29) is 0 Å². The van der Waals surface area contributed by atoms with Gasteiger partial charge in [-0.2, -0.15) is 0 Å². The van der Waals surface area contributed by atoms with Crippen LogP contribution in [-0.2, 0) is 0 Å². The molecule has 0 aromatic rings. The fourth-order valence-electron chi connectivity index (χ4n) is 3.67. The minimum absolute atomic E-state index is 0.842. The SMILES string of the molecule is CCCC(C)C(CC)CC(C(C)C)C(C)CCC. The number of hydrogen-bond donors (Lipinski definition) is 0. The molecular weight excluding hydrogens is 216 g/mol. The highest BCUT2D eigenvalue weighted by molar-refractivity contribution is 4.76. The van der Waals surface area contributed by atoms with Gasteiger partial charge in [0.2, 0.25) is 0 Å². The molecule has 0 nitrogen and oxygen atoms in total. The summed E-state index contributed by atoms with van der Waals surface area (Å²) in [6.07, 6.45) is 8.31. The average Bonchev–Trinajstić information content (AvgIpc) is 2.30. The Morgan fingerprint density at radius 3 is 1.61 bits per heavy atom. The first kappa shape index (κ1) is 18.0. The van der Waals surface area contributed by atoms with Crippen molar-refractivity contribution in [1.29, 1.82) is 0 Å². The first-order chi connectivity index (χ1) is 8.47. The summed E-state index contributed by atoms with van der Waals surface area (Å²) >= 11 is 0. The highest BCUT2D eigenvalue weighted by atomic mass is 14.3. The molecule has 110 valence electrons. The molecule has 0 rings (SSSR count). The first-order valence-electron chi connectivity index (χ1n) is 8.47. The van der Waals surface area contributed by atoms with Gasteiger partial charge >= 0.3 is 0 Å². The molecule has 18 heavy (non-hydrogen) atoms. The lowest BCUT2D eigenvalue weighted by molar-refractivity contribution is 0.170. The molecule has 0 aromatic carbocycles. The molecule has 0 N–H and O–H groups in total. The van der Waals surface area contributed by atoms with Crippen molar-refractivity contribution in [2.24, 2.45) is 29.6 Å². The smallest absolute Gasteiger partial charge is 0.0363 e. The van der Waals surface area contributed by atoms with E-state index in [4.69, 9.17) is 0 Å². The topological polar surface area (TPSA) is 0 Å². The monoisotopic (exact) mass is 254 g/mol. The fourth-order valence-corrected chi connectivity index (χ4v) is 3.67. The Morgan fingerprint density at radius 1 is 0.722 bits per heavy atom. The van der Waals surface area contributed by atoms with E-state index in [9.17, 15) is 0 Å². The van der Waals surface area contributed by atoms with Gasteiger partial charge in [0, 0.05) is 0 Å². The summed E-state index contributed by atoms with van der Waals surface area (Å²) in [7, 11) is 0. The molecule has 4 unspecified atom stereocenters. The van der Waals surface area contributed by atoms with Crippen LogP contribution in [0.25, 0.3) is 0 Å². The second kappa shape index (κ2) is 9.87. The van der Waals surface area contributed by atoms with E-state index in [2.05, 4.69) is 48.5 Å². The summed E-state index contributed by atoms with van der Waals surface area (Å²) in [5.74, 6) is 4.52. The van der Waals surface area contributed by atoms with Crippen molar-refractivity contribution in [3.05, 3.63) is 0 Å². The Bertz CT molecular complexity index is 182. The van der Waals surface area contributed by atoms with Crippen molar-refractivity contribution in [2.75, 3.05) is 0 Å². The van der Waals surface area contributed by atoms with E-state index in [0.717, 1.165) is 29.6 Å². The van der Waals surface area contributed by atoms with Gasteiger partial charge in [0.25, 0.3) is 0 Å². The van der Waals surface area contributed by atoms with Gasteiger partial charge in [0.1, 0.15) is 0 Å². The maximum Gasteiger partial charge on any atom is -0.0363 e. The Balaban J connectivity index is 4.52. The Labute approximate surface area is 117 Å². The van der Waals surface area contributed by atoms with Crippen LogP contribution in [0.2, 0.25) is 0 Å². The summed E-state index contributed by atoms with van der Waals surface area (Å²) in [6.45, 7) is 16.8. The van der Waals surface area contributed by atoms with E-state index in [1.807, 2.05) is 0 Å². The van der Waals surface area contributed by atoms with Crippen LogP contribution in [0, 0.1) is 29.6 Å². The van der Waals surface area contributed by atoms with Crippen LogP contribution in [0.4, 0.5) is 0 Å². The van der Waals surface area contributed by atoms with Crippen LogP contribution < -0.4 is 0 Å². The van der Waals surface area contributed by atoms with Gasteiger partial charge < -0.3 is 0 Å². The second-order valence-electron chi connectivity index (χ2n) is 6.84. The zero-order chi connectivity index (χ0) is 14.1. The molecule has 0 aliphatic rings. The van der Waals surface area contributed by atoms with Gasteiger partial charge in [-0.15, -0.1) is 0 Å². The molecule has 0 fully saturated rings. The predicted molar refractivity (Wildman–Crippen MR) is 84.9 cm³/mol. The summed E-state index contributed by atoms with van der Waals surface area (Å²) in [5, 5.41) is 0. The molecular formula is C18H38. The lowest BCUT2D eigenvalue weighted by Crippen LogP contribution is -2.24. The molecule has 0 saturated heterocycles. The van der Waals surface area contributed by atoms with Gasteiger partial charge in [-0.05, 0) is 36.0 Å². The van der Waals surface area contributed by atoms with Crippen molar-refractivity contribution < 1.29 is 0 Å². The van der Waals surface area contributed by atoms with Gasteiger partial charge in [0.05, 0.1) is 0 Å². The fraction of sp³-hybridized carbons (Fsp3) is 1.00. The van der Waals surface area contributed by atoms with Crippen LogP contribution in [0.15, 0.2) is 0 Å². The minimum atomic E-state index is 0.842. The third-order valence-corrected chi connectivity index (χ3v) is 4.98. The van der Waals surface area contributed by atoms with Crippen molar-refractivity contribution in [3.63, 3.8) is 0 Å². The summed E-state index contributed by atoms with van der Waals surface area (Å²) in [5.41, 5.74) is 0. The van der Waals surface area contributed by atoms with Crippen LogP contribution >= 0.6 is 0 Å². The lowest BCUT2D eigenvalue weighted by atomic mass is 9.72. The third-order valence-electron chi connectivity index (χ3n) is 4.98. The highest BCUT2D eigenvalue weighted by Crippen LogP contribution is 2.35. The normalized spacial score (nSPS) is 18.7. The second-order valence-corrected chi connectivity index (χ2v) is 6.84. The van der Waals surface area contributed by atoms with Gasteiger partial charge in [-0.3, -0.25) is 0 Å². The summed E-state index contributed by atoms with van der Waals surface area (Å²) in [6, 6.07) is 0. The van der Waals surface area contributed by atoms with E-state index in [1.54, 1.807) is 0 Å². The van der Waals surface area contributed by atoms with Gasteiger partial charge in [-0.1, -0.05) is 80.6 Å². The van der Waals surface area contributed by atoms with E-state index < -0.39 is 0 Å². The highest BCUT2D eigenvalue weighted by Gasteiger charge is 2.25. The molecule has 4 atom stereocenters. The lowest BCUT2D eigenvalue weighted by Gasteiger charge is -2.33. The molecule has 0 saturated carbocycles. The molecule has 0 amide bonds. The number of hydrogen-bond acceptors (Lipinski definition) is 0. The standard InChI is InChI=1S/C18H38/c1-8-11-15(6)17(10-3)13-18(14(4)5)16(7)12-9-2/h14-18H,8-13H2,1-7H3. The largest absolute Gasteiger partial charge is 0.0654 e. The van der Waals surface area contributed by atoms with Gasteiger partial charge in [0.15, 0.2) is 0 Å². The molecule has 0 aliphatic carbocycles. The minimum Gasteiger partial charge on any atom is -0.0654 e. The van der Waals surface area contributed by atoms with Crippen molar-refractivity contribution in [2.45, 2.75) is 87.0 Å². The molecule has 0 radical (unpaired) electrons. The summed E-state index contributed by atoms with van der Waals surface area (Å²) < 4.78 is 0. The van der Waals surface area contributed by atoms with Crippen LogP contribution in [-0.4, -0.2) is 0 Å². The Hall–Kier alpha value is 0. The maximum atomic E-state index is 2.48. The van der Waals surface area contributed by atoms with Crippen LogP contribution in [0.1, 0.15) is 87.0 Å². The molecule has 0 bridgehead atoms. The van der Waals surface area contributed by atoms with Crippen molar-refractivity contribution in [3.8, 4) is 0 Å². The zero-order valence-electron chi connectivity index (χ0n) is 14.1. The van der Waals surface area contributed by atoms with Crippen LogP contribution in [0.3, 0.4) is 0 Å². The molecule has 0 heteroatoms. The molecule has 0 aromatic heterocycles. The van der Waals surface area contributed by atoms with E-state index >= 15 is 0 Å². The Kier molecular flexibility index (Phi) is 9.87. The molecule has 0 spiro atoms. The quantitative estimate of drug-likeness (QED) is 0.415. The zero-order valence-corrected chi connectivity index (χ0v) is 14.1. The molecule has 0 heterocycles. The third kappa shape index (κ3) is 6.25. The summed E-state index contributed by atoms with van der Waals surface area (Å²) in [4.78, 5) is 0. The van der Waals surface area contributed by atoms with Crippen LogP contribution in [0.5, 0.6) is 0 Å². The maximum absolute atomic E-state index is 2.48. The van der Waals surface area contributed by atoms with Crippen molar-refractivity contribution in [1.82, 2.24) is 0 Å². The van der Waals surface area contributed by atoms with E-state index in [0.29, 0.717) is 0 Å². The van der Waals surface area contributed by atoms with Crippen molar-refractivity contribution >= 4 is 0 Å². The van der Waals surface area contributed by atoms with Gasteiger partial charge in [-0.25, -0.2) is 0 Å². The Morgan fingerprint density at radius 2 is 1.22 bits per heavy atom. The molecule has 0 aliphatic heterocycles. The first-order valence-corrected chi connectivity index (χ1v) is 8.47.